The molecule has 0 amide bonds. The lowest BCUT2D eigenvalue weighted by atomic mass is 10.0. The van der Waals surface area contributed by atoms with Gasteiger partial charge in [-0.05, 0) is 31.4 Å². The summed E-state index contributed by atoms with van der Waals surface area (Å²) in [6, 6.07) is 7.53. The molecule has 3 heteroatoms. The van der Waals surface area contributed by atoms with Crippen LogP contribution in [0.3, 0.4) is 0 Å². The van der Waals surface area contributed by atoms with Crippen molar-refractivity contribution in [1.82, 2.24) is 9.97 Å². The van der Waals surface area contributed by atoms with E-state index < -0.39 is 0 Å². The van der Waals surface area contributed by atoms with Gasteiger partial charge in [0.2, 0.25) is 0 Å². The van der Waals surface area contributed by atoms with Crippen LogP contribution in [0.5, 0.6) is 0 Å². The molecule has 0 spiro atoms. The van der Waals surface area contributed by atoms with Crippen LogP contribution in [0.25, 0.3) is 11.1 Å². The van der Waals surface area contributed by atoms with Gasteiger partial charge in [0, 0.05) is 28.9 Å². The van der Waals surface area contributed by atoms with Crippen molar-refractivity contribution >= 4 is 6.29 Å². The Hall–Kier alpha value is -2.03. The largest absolute Gasteiger partial charge is 0.298 e. The van der Waals surface area contributed by atoms with E-state index in [2.05, 4.69) is 9.97 Å². The van der Waals surface area contributed by atoms with Crippen LogP contribution in [-0.4, -0.2) is 16.3 Å². The molecule has 1 fully saturated rings. The lowest BCUT2D eigenvalue weighted by Crippen LogP contribution is -1.97. The number of aldehydes is 1. The number of carbonyl (C=O) groups is 1. The third kappa shape index (κ3) is 2.04. The Kier molecular flexibility index (Phi) is 2.67. The molecular formula is C15H14N2O. The molecule has 3 rings (SSSR count). The van der Waals surface area contributed by atoms with Crippen molar-refractivity contribution in [1.29, 1.82) is 0 Å². The monoisotopic (exact) mass is 238 g/mol. The Labute approximate surface area is 106 Å². The van der Waals surface area contributed by atoms with Gasteiger partial charge in [-0.25, -0.2) is 9.97 Å². The molecule has 1 aliphatic rings. The van der Waals surface area contributed by atoms with E-state index in [0.29, 0.717) is 11.5 Å². The van der Waals surface area contributed by atoms with Crippen LogP contribution in [0.2, 0.25) is 0 Å². The minimum atomic E-state index is 0.569. The summed E-state index contributed by atoms with van der Waals surface area (Å²) in [4.78, 5) is 19.8. The smallest absolute Gasteiger partial charge is 0.150 e. The number of nitrogens with zero attached hydrogens (tertiary/aromatic N) is 2. The highest BCUT2D eigenvalue weighted by Crippen LogP contribution is 2.38. The summed E-state index contributed by atoms with van der Waals surface area (Å²) >= 11 is 0. The Balaban J connectivity index is 2.02. The van der Waals surface area contributed by atoms with E-state index in [0.717, 1.165) is 28.9 Å². The number of aryl methyl sites for hydroxylation is 1. The molecule has 1 saturated carbocycles. The van der Waals surface area contributed by atoms with Crippen molar-refractivity contribution in [3.05, 3.63) is 47.5 Å². The first-order valence-corrected chi connectivity index (χ1v) is 6.17. The van der Waals surface area contributed by atoms with Gasteiger partial charge in [-0.2, -0.15) is 0 Å². The van der Waals surface area contributed by atoms with Crippen molar-refractivity contribution in [2.45, 2.75) is 25.7 Å². The molecule has 0 unspecified atom stereocenters. The average molecular weight is 238 g/mol. The molecule has 1 aromatic heterocycles. The maximum absolute atomic E-state index is 10.8. The van der Waals surface area contributed by atoms with Gasteiger partial charge in [-0.3, -0.25) is 4.79 Å². The molecular weight excluding hydrogens is 224 g/mol. The number of rotatable bonds is 3. The standard InChI is InChI=1S/C15H14N2O/c1-10-14(8-16-15(17-10)12-5-6-12)13-4-2-3-11(7-13)9-18/h2-4,7-9,12H,5-6H2,1H3. The number of aromatic nitrogens is 2. The zero-order valence-corrected chi connectivity index (χ0v) is 10.3. The second-order valence-corrected chi connectivity index (χ2v) is 4.74. The molecule has 0 bridgehead atoms. The normalized spacial score (nSPS) is 14.5. The van der Waals surface area contributed by atoms with E-state index >= 15 is 0 Å². The first kappa shape index (κ1) is 11.1. The van der Waals surface area contributed by atoms with E-state index in [-0.39, 0.29) is 0 Å². The van der Waals surface area contributed by atoms with Crippen LogP contribution in [0.15, 0.2) is 30.5 Å². The Morgan fingerprint density at radius 2 is 2.17 bits per heavy atom. The van der Waals surface area contributed by atoms with Crippen LogP contribution >= 0.6 is 0 Å². The third-order valence-corrected chi connectivity index (χ3v) is 3.27. The van der Waals surface area contributed by atoms with Crippen LogP contribution in [0.4, 0.5) is 0 Å². The van der Waals surface area contributed by atoms with Gasteiger partial charge in [0.25, 0.3) is 0 Å². The van der Waals surface area contributed by atoms with E-state index in [1.807, 2.05) is 31.3 Å². The second kappa shape index (κ2) is 4.33. The maximum Gasteiger partial charge on any atom is 0.150 e. The lowest BCUT2D eigenvalue weighted by Gasteiger charge is -2.07. The van der Waals surface area contributed by atoms with Gasteiger partial charge in [-0.15, -0.1) is 0 Å². The lowest BCUT2D eigenvalue weighted by molar-refractivity contribution is 0.112. The second-order valence-electron chi connectivity index (χ2n) is 4.74. The van der Waals surface area contributed by atoms with Crippen molar-refractivity contribution in [2.24, 2.45) is 0 Å². The van der Waals surface area contributed by atoms with Gasteiger partial charge < -0.3 is 0 Å². The summed E-state index contributed by atoms with van der Waals surface area (Å²) in [7, 11) is 0. The fourth-order valence-electron chi connectivity index (χ4n) is 2.09. The molecule has 1 heterocycles. The fourth-order valence-corrected chi connectivity index (χ4v) is 2.09. The van der Waals surface area contributed by atoms with Gasteiger partial charge >= 0.3 is 0 Å². The van der Waals surface area contributed by atoms with Crippen molar-refractivity contribution in [2.75, 3.05) is 0 Å². The van der Waals surface area contributed by atoms with Crippen LogP contribution in [0, 0.1) is 6.92 Å². The molecule has 0 atom stereocenters. The quantitative estimate of drug-likeness (QED) is 0.771. The Bertz CT molecular complexity index is 603. The highest BCUT2D eigenvalue weighted by Gasteiger charge is 2.26. The number of carbonyl (C=O) groups excluding carboxylic acids is 1. The van der Waals surface area contributed by atoms with Crippen LogP contribution < -0.4 is 0 Å². The zero-order valence-electron chi connectivity index (χ0n) is 10.3. The van der Waals surface area contributed by atoms with Crippen LogP contribution in [0.1, 0.15) is 40.6 Å². The minimum absolute atomic E-state index is 0.569. The fraction of sp³-hybridized carbons (Fsp3) is 0.267. The SMILES string of the molecule is Cc1nc(C2CC2)ncc1-c1cccc(C=O)c1. The topological polar surface area (TPSA) is 42.9 Å². The van der Waals surface area contributed by atoms with Gasteiger partial charge in [0.05, 0.1) is 0 Å². The van der Waals surface area contributed by atoms with Gasteiger partial charge in [-0.1, -0.05) is 18.2 Å². The minimum Gasteiger partial charge on any atom is -0.298 e. The molecule has 1 aromatic carbocycles. The summed E-state index contributed by atoms with van der Waals surface area (Å²) in [6.07, 6.45) is 5.15. The Morgan fingerprint density at radius 3 is 2.83 bits per heavy atom. The zero-order chi connectivity index (χ0) is 12.5. The highest BCUT2D eigenvalue weighted by molar-refractivity contribution is 5.79. The van der Waals surface area contributed by atoms with Crippen LogP contribution in [-0.2, 0) is 0 Å². The number of benzene rings is 1. The summed E-state index contributed by atoms with van der Waals surface area (Å²) in [6.45, 7) is 2.00. The van der Waals surface area contributed by atoms with E-state index in [1.165, 1.54) is 12.8 Å². The number of hydrogen-bond acceptors (Lipinski definition) is 3. The summed E-state index contributed by atoms with van der Waals surface area (Å²) in [5, 5.41) is 0. The molecule has 90 valence electrons. The number of hydrogen-bond donors (Lipinski definition) is 0. The molecule has 0 aliphatic heterocycles. The molecule has 0 N–H and O–H groups in total. The summed E-state index contributed by atoms with van der Waals surface area (Å²) in [5.41, 5.74) is 3.66. The van der Waals surface area contributed by atoms with Crippen molar-refractivity contribution < 1.29 is 4.79 Å². The third-order valence-electron chi connectivity index (χ3n) is 3.27. The Morgan fingerprint density at radius 1 is 1.33 bits per heavy atom. The highest BCUT2D eigenvalue weighted by atomic mass is 16.1. The first-order chi connectivity index (χ1) is 8.78. The molecule has 18 heavy (non-hydrogen) atoms. The van der Waals surface area contributed by atoms with Gasteiger partial charge in [0.1, 0.15) is 12.1 Å². The van der Waals surface area contributed by atoms with E-state index in [1.54, 1.807) is 6.07 Å². The molecule has 0 radical (unpaired) electrons. The summed E-state index contributed by atoms with van der Waals surface area (Å²) < 4.78 is 0. The predicted molar refractivity (Wildman–Crippen MR) is 69.6 cm³/mol. The van der Waals surface area contributed by atoms with Crippen molar-refractivity contribution in [3.8, 4) is 11.1 Å². The summed E-state index contributed by atoms with van der Waals surface area (Å²) in [5.74, 6) is 1.53. The first-order valence-electron chi connectivity index (χ1n) is 6.17. The predicted octanol–water partition coefficient (Wildman–Crippen LogP) is 3.14. The molecule has 3 nitrogen and oxygen atoms in total. The molecule has 1 aliphatic carbocycles. The van der Waals surface area contributed by atoms with E-state index in [9.17, 15) is 4.79 Å². The average Bonchev–Trinajstić information content (AvgIpc) is 3.23. The van der Waals surface area contributed by atoms with Crippen molar-refractivity contribution in [3.63, 3.8) is 0 Å². The maximum atomic E-state index is 10.8. The van der Waals surface area contributed by atoms with Gasteiger partial charge in [0.15, 0.2) is 0 Å². The molecule has 0 saturated heterocycles. The van der Waals surface area contributed by atoms with E-state index in [4.69, 9.17) is 0 Å². The molecule has 2 aromatic rings.